The second-order valence-electron chi connectivity index (χ2n) is 5.43. The number of halogens is 1. The van der Waals surface area contributed by atoms with Gasteiger partial charge in [0.25, 0.3) is 0 Å². The molecule has 1 fully saturated rings. The molecule has 0 spiro atoms. The number of hydrogen-bond donors (Lipinski definition) is 0. The molecule has 1 atom stereocenters. The summed E-state index contributed by atoms with van der Waals surface area (Å²) in [5.41, 5.74) is 0.639. The molecule has 19 heavy (non-hydrogen) atoms. The number of hydrogen-bond acceptors (Lipinski definition) is 3. The Morgan fingerprint density at radius 2 is 2.16 bits per heavy atom. The van der Waals surface area contributed by atoms with Crippen molar-refractivity contribution in [2.45, 2.75) is 18.9 Å². The summed E-state index contributed by atoms with van der Waals surface area (Å²) in [4.78, 5) is 16.8. The minimum absolute atomic E-state index is 0.122. The number of rotatable bonds is 5. The summed E-state index contributed by atoms with van der Waals surface area (Å²) in [6, 6.07) is 7.78. The second kappa shape index (κ2) is 6.51. The molecule has 1 saturated heterocycles. The van der Waals surface area contributed by atoms with Crippen molar-refractivity contribution in [3.8, 4) is 0 Å². The molecule has 0 saturated carbocycles. The molecule has 0 bridgehead atoms. The predicted molar refractivity (Wildman–Crippen MR) is 78.9 cm³/mol. The fourth-order valence-electron chi connectivity index (χ4n) is 2.69. The van der Waals surface area contributed by atoms with Crippen molar-refractivity contribution < 1.29 is 4.79 Å². The van der Waals surface area contributed by atoms with Gasteiger partial charge in [0.2, 0.25) is 0 Å². The molecule has 1 aromatic rings. The molecule has 0 aromatic heterocycles. The van der Waals surface area contributed by atoms with Gasteiger partial charge >= 0.3 is 0 Å². The molecule has 4 heteroatoms. The summed E-state index contributed by atoms with van der Waals surface area (Å²) < 4.78 is 0. The highest BCUT2D eigenvalue weighted by molar-refractivity contribution is 6.34. The lowest BCUT2D eigenvalue weighted by Crippen LogP contribution is -2.40. The van der Waals surface area contributed by atoms with Crippen LogP contribution in [0.5, 0.6) is 0 Å². The van der Waals surface area contributed by atoms with Crippen molar-refractivity contribution >= 4 is 17.4 Å². The third kappa shape index (κ3) is 3.78. The van der Waals surface area contributed by atoms with Gasteiger partial charge in [-0.05, 0) is 45.6 Å². The van der Waals surface area contributed by atoms with Crippen molar-refractivity contribution in [2.75, 3.05) is 33.7 Å². The van der Waals surface area contributed by atoms with Gasteiger partial charge < -0.3 is 4.90 Å². The van der Waals surface area contributed by atoms with Crippen LogP contribution in [-0.2, 0) is 0 Å². The lowest BCUT2D eigenvalue weighted by molar-refractivity contribution is 0.0910. The minimum Gasteiger partial charge on any atom is -0.308 e. The molecule has 3 nitrogen and oxygen atoms in total. The van der Waals surface area contributed by atoms with Crippen LogP contribution in [-0.4, -0.2) is 55.4 Å². The van der Waals surface area contributed by atoms with Crippen molar-refractivity contribution in [3.05, 3.63) is 34.9 Å². The molecule has 1 aliphatic rings. The molecule has 104 valence electrons. The zero-order valence-corrected chi connectivity index (χ0v) is 12.4. The van der Waals surface area contributed by atoms with E-state index in [9.17, 15) is 4.79 Å². The van der Waals surface area contributed by atoms with Crippen LogP contribution in [0.3, 0.4) is 0 Å². The first-order valence-corrected chi connectivity index (χ1v) is 7.12. The van der Waals surface area contributed by atoms with Crippen molar-refractivity contribution in [3.63, 3.8) is 0 Å². The van der Waals surface area contributed by atoms with E-state index in [4.69, 9.17) is 11.6 Å². The molecular formula is C15H21ClN2O. The Morgan fingerprint density at radius 1 is 1.42 bits per heavy atom. The molecule has 1 aromatic carbocycles. The monoisotopic (exact) mass is 280 g/mol. The summed E-state index contributed by atoms with van der Waals surface area (Å²) in [5, 5.41) is 0.552. The first-order chi connectivity index (χ1) is 9.08. The second-order valence-corrected chi connectivity index (χ2v) is 5.84. The first-order valence-electron chi connectivity index (χ1n) is 6.74. The molecule has 1 aliphatic heterocycles. The number of likely N-dealkylation sites (N-methyl/N-ethyl adjacent to an activating group) is 1. The summed E-state index contributed by atoms with van der Waals surface area (Å²) in [6.45, 7) is 2.49. The van der Waals surface area contributed by atoms with Crippen LogP contribution >= 0.6 is 11.6 Å². The van der Waals surface area contributed by atoms with Gasteiger partial charge in [-0.2, -0.15) is 0 Å². The third-order valence-corrected chi connectivity index (χ3v) is 3.93. The number of carbonyl (C=O) groups is 1. The maximum Gasteiger partial charge on any atom is 0.178 e. The SMILES string of the molecule is CN(C)CC1CCCN1CC(=O)c1ccccc1Cl. The summed E-state index contributed by atoms with van der Waals surface area (Å²) >= 11 is 6.08. The number of nitrogens with zero attached hydrogens (tertiary/aromatic N) is 2. The van der Waals surface area contributed by atoms with E-state index in [0.717, 1.165) is 13.1 Å². The molecule has 0 radical (unpaired) electrons. The van der Waals surface area contributed by atoms with Crippen LogP contribution in [0.4, 0.5) is 0 Å². The highest BCUT2D eigenvalue weighted by atomic mass is 35.5. The van der Waals surface area contributed by atoms with Crippen LogP contribution in [0.1, 0.15) is 23.2 Å². The van der Waals surface area contributed by atoms with Gasteiger partial charge in [-0.25, -0.2) is 0 Å². The molecule has 2 rings (SSSR count). The Hall–Kier alpha value is -0.900. The quantitative estimate of drug-likeness (QED) is 0.775. The summed E-state index contributed by atoms with van der Waals surface area (Å²) in [7, 11) is 4.15. The van der Waals surface area contributed by atoms with Gasteiger partial charge in [0.1, 0.15) is 0 Å². The maximum absolute atomic E-state index is 12.3. The van der Waals surface area contributed by atoms with Crippen LogP contribution in [0.25, 0.3) is 0 Å². The molecule has 1 heterocycles. The van der Waals surface area contributed by atoms with Crippen LogP contribution in [0.2, 0.25) is 5.02 Å². The summed E-state index contributed by atoms with van der Waals surface area (Å²) in [5.74, 6) is 0.122. The van der Waals surface area contributed by atoms with Crippen LogP contribution < -0.4 is 0 Å². The minimum atomic E-state index is 0.122. The van der Waals surface area contributed by atoms with Gasteiger partial charge in [-0.15, -0.1) is 0 Å². The average molecular weight is 281 g/mol. The number of Topliss-reactive ketones (excluding diaryl/α,β-unsaturated/α-hetero) is 1. The highest BCUT2D eigenvalue weighted by Gasteiger charge is 2.27. The van der Waals surface area contributed by atoms with E-state index in [1.165, 1.54) is 12.8 Å². The van der Waals surface area contributed by atoms with Crippen molar-refractivity contribution in [1.82, 2.24) is 9.80 Å². The zero-order valence-electron chi connectivity index (χ0n) is 11.6. The molecule has 0 N–H and O–H groups in total. The fourth-order valence-corrected chi connectivity index (χ4v) is 2.93. The molecule has 0 aliphatic carbocycles. The number of likely N-dealkylation sites (tertiary alicyclic amines) is 1. The van der Waals surface area contributed by atoms with Crippen LogP contribution in [0.15, 0.2) is 24.3 Å². The Kier molecular flexibility index (Phi) is 4.97. The van der Waals surface area contributed by atoms with E-state index >= 15 is 0 Å². The van der Waals surface area contributed by atoms with E-state index in [2.05, 4.69) is 23.9 Å². The number of benzene rings is 1. The normalized spacial score (nSPS) is 20.1. The van der Waals surface area contributed by atoms with E-state index < -0.39 is 0 Å². The largest absolute Gasteiger partial charge is 0.308 e. The number of ketones is 1. The van der Waals surface area contributed by atoms with Crippen molar-refractivity contribution in [2.24, 2.45) is 0 Å². The van der Waals surface area contributed by atoms with Gasteiger partial charge in [0, 0.05) is 18.2 Å². The Balaban J connectivity index is 2.00. The predicted octanol–water partition coefficient (Wildman–Crippen LogP) is 2.55. The Labute approximate surface area is 120 Å². The lowest BCUT2D eigenvalue weighted by Gasteiger charge is -2.26. The average Bonchev–Trinajstić information content (AvgIpc) is 2.76. The summed E-state index contributed by atoms with van der Waals surface area (Å²) in [6.07, 6.45) is 2.35. The topological polar surface area (TPSA) is 23.6 Å². The first kappa shape index (κ1) is 14.5. The molecule has 1 unspecified atom stereocenters. The number of carbonyl (C=O) groups excluding carboxylic acids is 1. The lowest BCUT2D eigenvalue weighted by atomic mass is 10.1. The van der Waals surface area contributed by atoms with Crippen LogP contribution in [0, 0.1) is 0 Å². The van der Waals surface area contributed by atoms with Gasteiger partial charge in [-0.1, -0.05) is 23.7 Å². The van der Waals surface area contributed by atoms with E-state index in [1.807, 2.05) is 18.2 Å². The Morgan fingerprint density at radius 3 is 2.84 bits per heavy atom. The van der Waals surface area contributed by atoms with E-state index in [-0.39, 0.29) is 5.78 Å². The molecular weight excluding hydrogens is 260 g/mol. The smallest absolute Gasteiger partial charge is 0.178 e. The third-order valence-electron chi connectivity index (χ3n) is 3.60. The van der Waals surface area contributed by atoms with Gasteiger partial charge in [0.05, 0.1) is 11.6 Å². The fraction of sp³-hybridized carbons (Fsp3) is 0.533. The Bertz CT molecular complexity index is 448. The van der Waals surface area contributed by atoms with Crippen molar-refractivity contribution in [1.29, 1.82) is 0 Å². The van der Waals surface area contributed by atoms with Gasteiger partial charge in [-0.3, -0.25) is 9.69 Å². The zero-order chi connectivity index (χ0) is 13.8. The van der Waals surface area contributed by atoms with E-state index in [0.29, 0.717) is 23.2 Å². The highest BCUT2D eigenvalue weighted by Crippen LogP contribution is 2.20. The molecule has 0 amide bonds. The standard InChI is InChI=1S/C15H21ClN2O/c1-17(2)10-12-6-5-9-18(12)11-15(19)13-7-3-4-8-14(13)16/h3-4,7-8,12H,5-6,9-11H2,1-2H3. The maximum atomic E-state index is 12.3. The van der Waals surface area contributed by atoms with E-state index in [1.54, 1.807) is 6.07 Å². The van der Waals surface area contributed by atoms with Gasteiger partial charge in [0.15, 0.2) is 5.78 Å².